The number of halogens is 1. The molecule has 2 aliphatic heterocycles. The molecule has 0 bridgehead atoms. The Hall–Kier alpha value is -3.89. The number of rotatable bonds is 10. The first-order valence-corrected chi connectivity index (χ1v) is 14.9. The lowest BCUT2D eigenvalue weighted by molar-refractivity contribution is -0.131. The summed E-state index contributed by atoms with van der Waals surface area (Å²) >= 11 is 6.08. The Balaban J connectivity index is 1.73. The number of carbonyl (C=O) groups is 2. The van der Waals surface area contributed by atoms with E-state index in [9.17, 15) is 29.3 Å². The van der Waals surface area contributed by atoms with Gasteiger partial charge in [-0.3, -0.25) is 27.9 Å². The maximum atomic E-state index is 13.6. The van der Waals surface area contributed by atoms with Crippen molar-refractivity contribution in [3.63, 3.8) is 0 Å². The van der Waals surface area contributed by atoms with Crippen LogP contribution in [0.15, 0.2) is 51.2 Å². The lowest BCUT2D eigenvalue weighted by Crippen LogP contribution is -2.49. The molecule has 20 heteroatoms. The molecule has 2 unspecified atom stereocenters. The number of nitrogens with one attached hydrogen (secondary N) is 1. The molecule has 4 rings (SSSR count). The van der Waals surface area contributed by atoms with Crippen molar-refractivity contribution in [3.05, 3.63) is 78.4 Å². The number of H-pyrrole nitrogens is 1. The monoisotopic (exact) mass is 659 g/mol. The number of aromatic amines is 1. The summed E-state index contributed by atoms with van der Waals surface area (Å²) in [6.45, 7) is 1.62. The summed E-state index contributed by atoms with van der Waals surface area (Å²) in [5.41, 5.74) is 5.80. The average Bonchev–Trinajstić information content (AvgIpc) is 3.24. The third-order valence-corrected chi connectivity index (χ3v) is 7.90. The minimum absolute atomic E-state index is 0.0728. The van der Waals surface area contributed by atoms with Crippen LogP contribution in [0.5, 0.6) is 0 Å². The molecule has 1 aromatic carbocycles. The predicted molar refractivity (Wildman–Crippen MR) is 147 cm³/mol. The number of phosphoric ester groups is 1. The third kappa shape index (κ3) is 7.60. The highest BCUT2D eigenvalue weighted by atomic mass is 35.5. The number of aromatic nitrogens is 2. The first-order valence-electron chi connectivity index (χ1n) is 13.1. The summed E-state index contributed by atoms with van der Waals surface area (Å²) < 4.78 is 57.2. The molecule has 6 atom stereocenters. The summed E-state index contributed by atoms with van der Waals surface area (Å²) in [4.78, 5) is 54.2. The second-order valence-electron chi connectivity index (χ2n) is 9.04. The Bertz CT molecular complexity index is 1580. The zero-order chi connectivity index (χ0) is 31.9. The van der Waals surface area contributed by atoms with E-state index in [-0.39, 0.29) is 26.2 Å². The molecule has 0 aliphatic carbocycles. The fraction of sp³-hybridized carbons (Fsp3) is 0.500. The van der Waals surface area contributed by atoms with Gasteiger partial charge in [-0.15, -0.1) is 0 Å². The van der Waals surface area contributed by atoms with Gasteiger partial charge in [0.15, 0.2) is 18.4 Å². The number of carbonyl (C=O) groups excluding carboxylic acids is 2. The largest absolute Gasteiger partial charge is 0.508 e. The molecular formula is C24H27ClN5O13P. The van der Waals surface area contributed by atoms with Crippen LogP contribution >= 0.6 is 19.4 Å². The molecule has 2 saturated heterocycles. The summed E-state index contributed by atoms with van der Waals surface area (Å²) in [5.74, 6) is 0. The predicted octanol–water partition coefficient (Wildman–Crippen LogP) is 4.11. The topological polar surface area (TPSA) is 229 Å². The van der Waals surface area contributed by atoms with Crippen molar-refractivity contribution in [2.75, 3.05) is 26.4 Å². The molecule has 238 valence electrons. The second-order valence-corrected chi connectivity index (χ2v) is 11.1. The average molecular weight is 660 g/mol. The number of benzene rings is 1. The van der Waals surface area contributed by atoms with Gasteiger partial charge in [0.25, 0.3) is 5.56 Å². The van der Waals surface area contributed by atoms with Crippen molar-refractivity contribution in [1.82, 2.24) is 9.55 Å². The molecule has 3 heterocycles. The molecule has 0 spiro atoms. The van der Waals surface area contributed by atoms with Crippen LogP contribution in [0.25, 0.3) is 10.4 Å². The Labute approximate surface area is 253 Å². The smallest absolute Gasteiger partial charge is 0.435 e. The Morgan fingerprint density at radius 2 is 1.93 bits per heavy atom. The zero-order valence-corrected chi connectivity index (χ0v) is 24.9. The van der Waals surface area contributed by atoms with Gasteiger partial charge in [-0.25, -0.2) is 18.9 Å². The van der Waals surface area contributed by atoms with E-state index in [2.05, 4.69) is 10.0 Å². The summed E-state index contributed by atoms with van der Waals surface area (Å²) in [6, 6.07) is 7.57. The Morgan fingerprint density at radius 1 is 1.20 bits per heavy atom. The van der Waals surface area contributed by atoms with Crippen molar-refractivity contribution in [3.8, 4) is 0 Å². The van der Waals surface area contributed by atoms with E-state index in [0.717, 1.165) is 16.8 Å². The van der Waals surface area contributed by atoms with Crippen molar-refractivity contribution >= 4 is 31.7 Å². The van der Waals surface area contributed by atoms with Gasteiger partial charge < -0.3 is 23.7 Å². The van der Waals surface area contributed by atoms with Crippen LogP contribution in [0.4, 0.5) is 9.59 Å². The van der Waals surface area contributed by atoms with E-state index < -0.39 is 68.3 Å². The van der Waals surface area contributed by atoms with Gasteiger partial charge in [0, 0.05) is 28.6 Å². The van der Waals surface area contributed by atoms with Gasteiger partial charge in [-0.05, 0) is 37.1 Å². The van der Waals surface area contributed by atoms with Crippen molar-refractivity contribution in [1.29, 1.82) is 0 Å². The van der Waals surface area contributed by atoms with Crippen molar-refractivity contribution in [2.24, 2.45) is 5.11 Å². The first kappa shape index (κ1) is 33.0. The normalized spacial score (nSPS) is 28.0. The zero-order valence-electron chi connectivity index (χ0n) is 23.2. The maximum Gasteiger partial charge on any atom is 0.508 e. The van der Waals surface area contributed by atoms with Gasteiger partial charge in [0.2, 0.25) is 5.72 Å². The number of hydrogen-bond donors (Lipinski definition) is 1. The number of nitrogens with zero attached hydrogens (tertiary/aromatic N) is 4. The van der Waals surface area contributed by atoms with Crippen LogP contribution in [0.1, 0.15) is 38.2 Å². The minimum Gasteiger partial charge on any atom is -0.435 e. The molecule has 44 heavy (non-hydrogen) atoms. The standard InChI is InChI=1S/C24H27ClN5O13P/c1-3-36-22(33)40-18-19(41-23(34)37-4-2)24(28-29-26,42-20(18)30-10-8-17(31)27-21(30)32)13-39-44(35)38-11-9-16(43-44)14-6-5-7-15(25)12-14/h5-8,10,12,16,18-20H,3-4,9,11,13H2,1-2H3,(H,27,31,32)/t16-,18+,19-,20?,24+,44?/m0/s1. The highest BCUT2D eigenvalue weighted by Gasteiger charge is 2.62. The number of phosphoric acid groups is 1. The van der Waals surface area contributed by atoms with Crippen LogP contribution in [0.2, 0.25) is 5.02 Å². The quantitative estimate of drug-likeness (QED) is 0.125. The highest BCUT2D eigenvalue weighted by Crippen LogP contribution is 2.58. The minimum atomic E-state index is -4.43. The van der Waals surface area contributed by atoms with Crippen LogP contribution in [-0.4, -0.2) is 66.2 Å². The second kappa shape index (κ2) is 14.3. The van der Waals surface area contributed by atoms with E-state index in [0.29, 0.717) is 10.6 Å². The fourth-order valence-electron chi connectivity index (χ4n) is 4.38. The lowest BCUT2D eigenvalue weighted by Gasteiger charge is -2.33. The number of hydrogen-bond acceptors (Lipinski definition) is 14. The molecule has 2 aliphatic rings. The van der Waals surface area contributed by atoms with Crippen LogP contribution in [0.3, 0.4) is 0 Å². The van der Waals surface area contributed by atoms with Gasteiger partial charge in [0.05, 0.1) is 32.5 Å². The van der Waals surface area contributed by atoms with Gasteiger partial charge in [0.1, 0.15) is 0 Å². The lowest BCUT2D eigenvalue weighted by atomic mass is 10.1. The Morgan fingerprint density at radius 3 is 2.59 bits per heavy atom. The van der Waals surface area contributed by atoms with E-state index in [4.69, 9.17) is 48.9 Å². The molecule has 0 amide bonds. The van der Waals surface area contributed by atoms with Gasteiger partial charge in [-0.1, -0.05) is 28.8 Å². The summed E-state index contributed by atoms with van der Waals surface area (Å²) in [6.07, 6.45) is -7.52. The van der Waals surface area contributed by atoms with E-state index in [1.807, 2.05) is 4.98 Å². The molecule has 2 aromatic rings. The Kier molecular flexibility index (Phi) is 10.7. The summed E-state index contributed by atoms with van der Waals surface area (Å²) in [5, 5.41) is 4.02. The van der Waals surface area contributed by atoms with Crippen LogP contribution < -0.4 is 11.2 Å². The van der Waals surface area contributed by atoms with Crippen LogP contribution in [0, 0.1) is 0 Å². The SMILES string of the molecule is CCOC(=O)O[C@H]1C(n2ccc(=O)[nH]c2=O)O[C@@](COP2(=O)OCC[C@@H](c3cccc(Cl)c3)O2)(N=[N+]=[N-])[C@H]1OC(=O)OCC. The van der Waals surface area contributed by atoms with E-state index in [1.54, 1.807) is 24.3 Å². The molecule has 2 fully saturated rings. The van der Waals surface area contributed by atoms with Crippen molar-refractivity contribution in [2.45, 2.75) is 50.5 Å². The molecule has 1 aromatic heterocycles. The number of azide groups is 1. The molecule has 18 nitrogen and oxygen atoms in total. The maximum absolute atomic E-state index is 13.6. The number of ether oxygens (including phenoxy) is 5. The van der Waals surface area contributed by atoms with E-state index in [1.165, 1.54) is 13.8 Å². The van der Waals surface area contributed by atoms with E-state index >= 15 is 0 Å². The van der Waals surface area contributed by atoms with Gasteiger partial charge in [-0.2, -0.15) is 0 Å². The molecule has 1 N–H and O–H groups in total. The third-order valence-electron chi connectivity index (χ3n) is 6.20. The van der Waals surface area contributed by atoms with Crippen molar-refractivity contribution < 1.29 is 51.4 Å². The first-order chi connectivity index (χ1) is 21.0. The highest BCUT2D eigenvalue weighted by molar-refractivity contribution is 7.48. The van der Waals surface area contributed by atoms with Gasteiger partial charge >= 0.3 is 25.8 Å². The molecular weight excluding hydrogens is 633 g/mol. The summed E-state index contributed by atoms with van der Waals surface area (Å²) in [7, 11) is -4.43. The van der Waals surface area contributed by atoms with Crippen LogP contribution in [-0.2, 0) is 41.8 Å². The molecule has 0 saturated carbocycles. The molecule has 0 radical (unpaired) electrons. The fourth-order valence-corrected chi connectivity index (χ4v) is 5.98.